The van der Waals surface area contributed by atoms with Crippen LogP contribution >= 0.6 is 11.6 Å². The maximum atomic E-state index is 11.3. The zero-order valence-electron chi connectivity index (χ0n) is 15.1. The fourth-order valence-electron chi connectivity index (χ4n) is 3.10. The highest BCUT2D eigenvalue weighted by Gasteiger charge is 2.22. The zero-order valence-corrected chi connectivity index (χ0v) is 15.8. The van der Waals surface area contributed by atoms with Gasteiger partial charge in [-0.2, -0.15) is 0 Å². The van der Waals surface area contributed by atoms with Crippen LogP contribution < -0.4 is 10.6 Å². The summed E-state index contributed by atoms with van der Waals surface area (Å²) in [5.41, 5.74) is 4.74. The van der Waals surface area contributed by atoms with Gasteiger partial charge in [0.2, 0.25) is 0 Å². The molecule has 0 atom stereocenters. The smallest absolute Gasteiger partial charge is 0.269 e. The summed E-state index contributed by atoms with van der Waals surface area (Å²) in [5, 5.41) is 18.0. The van der Waals surface area contributed by atoms with Crippen molar-refractivity contribution < 1.29 is 4.92 Å². The fraction of sp³-hybridized carbons (Fsp3) is 0.143. The minimum atomic E-state index is -0.398. The maximum Gasteiger partial charge on any atom is 0.269 e. The van der Waals surface area contributed by atoms with Crippen molar-refractivity contribution in [3.05, 3.63) is 98.6 Å². The molecule has 3 aromatic carbocycles. The van der Waals surface area contributed by atoms with Crippen LogP contribution in [0.3, 0.4) is 0 Å². The Morgan fingerprint density at radius 3 is 1.74 bits per heavy atom. The van der Waals surface area contributed by atoms with Gasteiger partial charge in [0.05, 0.1) is 4.92 Å². The van der Waals surface area contributed by atoms with Crippen molar-refractivity contribution in [1.82, 2.24) is 0 Å². The van der Waals surface area contributed by atoms with Gasteiger partial charge in [-0.25, -0.2) is 0 Å². The predicted molar refractivity (Wildman–Crippen MR) is 111 cm³/mol. The SMILES string of the molecule is CNc1ccc(C(c2ccc(NC)cc2)c2cc([N+](=O)[O-])ccc2Cl)cc1. The Hall–Kier alpha value is -3.05. The number of non-ortho nitro benzene ring substituents is 1. The van der Waals surface area contributed by atoms with Gasteiger partial charge >= 0.3 is 0 Å². The average molecular weight is 382 g/mol. The van der Waals surface area contributed by atoms with Crippen LogP contribution in [0.25, 0.3) is 0 Å². The Morgan fingerprint density at radius 1 is 0.852 bits per heavy atom. The van der Waals surface area contributed by atoms with Crippen LogP contribution in [-0.4, -0.2) is 19.0 Å². The first-order valence-corrected chi connectivity index (χ1v) is 8.90. The monoisotopic (exact) mass is 381 g/mol. The second-order valence-electron chi connectivity index (χ2n) is 6.14. The fourth-order valence-corrected chi connectivity index (χ4v) is 3.33. The molecule has 0 spiro atoms. The summed E-state index contributed by atoms with van der Waals surface area (Å²) in [6.45, 7) is 0. The Balaban J connectivity index is 2.17. The molecule has 0 unspecified atom stereocenters. The van der Waals surface area contributed by atoms with E-state index in [1.165, 1.54) is 6.07 Å². The molecule has 138 valence electrons. The topological polar surface area (TPSA) is 67.2 Å². The minimum Gasteiger partial charge on any atom is -0.388 e. The first-order chi connectivity index (χ1) is 13.0. The van der Waals surface area contributed by atoms with Crippen LogP contribution in [-0.2, 0) is 0 Å². The van der Waals surface area contributed by atoms with Crippen LogP contribution in [0.2, 0.25) is 5.02 Å². The summed E-state index contributed by atoms with van der Waals surface area (Å²) in [7, 11) is 3.72. The van der Waals surface area contributed by atoms with Crippen molar-refractivity contribution in [3.63, 3.8) is 0 Å². The summed E-state index contributed by atoms with van der Waals surface area (Å²) in [4.78, 5) is 10.9. The number of rotatable bonds is 6. The molecule has 27 heavy (non-hydrogen) atoms. The Kier molecular flexibility index (Phi) is 5.62. The molecule has 0 aliphatic carbocycles. The van der Waals surface area contributed by atoms with Crippen molar-refractivity contribution in [2.75, 3.05) is 24.7 Å². The quantitative estimate of drug-likeness (QED) is 0.335. The second-order valence-corrected chi connectivity index (χ2v) is 6.55. The van der Waals surface area contributed by atoms with E-state index < -0.39 is 4.92 Å². The third-order valence-corrected chi connectivity index (χ3v) is 4.91. The summed E-state index contributed by atoms with van der Waals surface area (Å²) >= 11 is 6.47. The normalized spacial score (nSPS) is 10.7. The molecule has 0 aliphatic rings. The average Bonchev–Trinajstić information content (AvgIpc) is 2.70. The molecule has 6 heteroatoms. The summed E-state index contributed by atoms with van der Waals surface area (Å²) in [6.07, 6.45) is 0. The number of benzene rings is 3. The van der Waals surface area contributed by atoms with Gasteiger partial charge in [-0.3, -0.25) is 10.1 Å². The molecule has 0 radical (unpaired) electrons. The molecule has 0 bridgehead atoms. The maximum absolute atomic E-state index is 11.3. The van der Waals surface area contributed by atoms with E-state index in [0.717, 1.165) is 22.5 Å². The first kappa shape index (κ1) is 18.7. The Morgan fingerprint density at radius 2 is 1.33 bits per heavy atom. The van der Waals surface area contributed by atoms with Crippen molar-refractivity contribution in [2.45, 2.75) is 5.92 Å². The molecule has 0 saturated carbocycles. The highest BCUT2D eigenvalue weighted by Crippen LogP contribution is 2.38. The van der Waals surface area contributed by atoms with Gasteiger partial charge in [0.15, 0.2) is 0 Å². The predicted octanol–water partition coefficient (Wildman–Crippen LogP) is 5.51. The number of nitrogens with one attached hydrogen (secondary N) is 2. The molecule has 0 aliphatic heterocycles. The number of nitro groups is 1. The number of nitrogens with zero attached hydrogens (tertiary/aromatic N) is 1. The number of hydrogen-bond donors (Lipinski definition) is 2. The highest BCUT2D eigenvalue weighted by atomic mass is 35.5. The number of anilines is 2. The zero-order chi connectivity index (χ0) is 19.4. The van der Waals surface area contributed by atoms with Gasteiger partial charge in [-0.05, 0) is 47.0 Å². The molecule has 5 nitrogen and oxygen atoms in total. The van der Waals surface area contributed by atoms with E-state index in [1.54, 1.807) is 12.1 Å². The lowest BCUT2D eigenvalue weighted by Crippen LogP contribution is -2.05. The molecule has 3 aromatic rings. The minimum absolute atomic E-state index is 0.0260. The van der Waals surface area contributed by atoms with Crippen LogP contribution in [0.4, 0.5) is 17.1 Å². The van der Waals surface area contributed by atoms with Crippen molar-refractivity contribution >= 4 is 28.7 Å². The molecule has 2 N–H and O–H groups in total. The summed E-state index contributed by atoms with van der Waals surface area (Å²) in [6, 6.07) is 20.6. The number of halogens is 1. The van der Waals surface area contributed by atoms with Crippen molar-refractivity contribution in [2.24, 2.45) is 0 Å². The van der Waals surface area contributed by atoms with Gasteiger partial charge in [0.1, 0.15) is 0 Å². The van der Waals surface area contributed by atoms with Gasteiger partial charge in [0.25, 0.3) is 5.69 Å². The molecule has 0 fully saturated rings. The number of hydrogen-bond acceptors (Lipinski definition) is 4. The Bertz CT molecular complexity index is 893. The molecule has 0 amide bonds. The summed E-state index contributed by atoms with van der Waals surface area (Å²) in [5.74, 6) is -0.214. The lowest BCUT2D eigenvalue weighted by molar-refractivity contribution is -0.384. The van der Waals surface area contributed by atoms with Crippen LogP contribution in [0, 0.1) is 10.1 Å². The van der Waals surface area contributed by atoms with E-state index in [1.807, 2.05) is 62.6 Å². The van der Waals surface area contributed by atoms with Crippen molar-refractivity contribution in [3.8, 4) is 0 Å². The number of nitro benzene ring substituents is 1. The standard InChI is InChI=1S/C21H20ClN3O2/c1-23-16-7-3-14(4-8-16)21(15-5-9-17(24-2)10-6-15)19-13-18(25(26)27)11-12-20(19)22/h3-13,21,23-24H,1-2H3. The van der Waals surface area contributed by atoms with Gasteiger partial charge in [-0.1, -0.05) is 35.9 Å². The largest absolute Gasteiger partial charge is 0.388 e. The lowest BCUT2D eigenvalue weighted by atomic mass is 9.84. The van der Waals surface area contributed by atoms with Crippen LogP contribution in [0.5, 0.6) is 0 Å². The second kappa shape index (κ2) is 8.10. The van der Waals surface area contributed by atoms with E-state index in [-0.39, 0.29) is 11.6 Å². The summed E-state index contributed by atoms with van der Waals surface area (Å²) < 4.78 is 0. The van der Waals surface area contributed by atoms with E-state index >= 15 is 0 Å². The lowest BCUT2D eigenvalue weighted by Gasteiger charge is -2.21. The van der Waals surface area contributed by atoms with E-state index in [9.17, 15) is 10.1 Å². The van der Waals surface area contributed by atoms with Gasteiger partial charge < -0.3 is 10.6 Å². The van der Waals surface area contributed by atoms with E-state index in [0.29, 0.717) is 10.6 Å². The molecule has 3 rings (SSSR count). The van der Waals surface area contributed by atoms with E-state index in [4.69, 9.17) is 11.6 Å². The molecule has 0 aromatic heterocycles. The molecular formula is C21H20ClN3O2. The third-order valence-electron chi connectivity index (χ3n) is 4.57. The van der Waals surface area contributed by atoms with Crippen LogP contribution in [0.1, 0.15) is 22.6 Å². The highest BCUT2D eigenvalue weighted by molar-refractivity contribution is 6.31. The van der Waals surface area contributed by atoms with Gasteiger partial charge in [0, 0.05) is 48.5 Å². The Labute approximate surface area is 163 Å². The third kappa shape index (κ3) is 4.04. The molecular weight excluding hydrogens is 362 g/mol. The van der Waals surface area contributed by atoms with Crippen LogP contribution in [0.15, 0.2) is 66.7 Å². The van der Waals surface area contributed by atoms with Crippen molar-refractivity contribution in [1.29, 1.82) is 0 Å². The molecule has 0 saturated heterocycles. The van der Waals surface area contributed by atoms with E-state index in [2.05, 4.69) is 10.6 Å². The molecule has 0 heterocycles. The van der Waals surface area contributed by atoms with Gasteiger partial charge in [-0.15, -0.1) is 0 Å². The first-order valence-electron chi connectivity index (χ1n) is 8.52.